The smallest absolute Gasteiger partial charge is 0.321 e. The zero-order valence-corrected chi connectivity index (χ0v) is 13.1. The Bertz CT molecular complexity index is 614. The summed E-state index contributed by atoms with van der Waals surface area (Å²) in [5.41, 5.74) is 2.96. The fraction of sp³-hybridized carbons (Fsp3) is 0.529. The molecule has 1 unspecified atom stereocenters. The average Bonchev–Trinajstić information content (AvgIpc) is 3.13. The van der Waals surface area contributed by atoms with E-state index in [1.807, 2.05) is 13.0 Å². The molecule has 2 amide bonds. The normalized spacial score (nSPS) is 23.3. The van der Waals surface area contributed by atoms with Crippen LogP contribution in [0, 0.1) is 5.41 Å². The third kappa shape index (κ3) is 2.67. The number of rotatable bonds is 2. The second-order valence-corrected chi connectivity index (χ2v) is 6.49. The molecule has 1 atom stereocenters. The molecule has 1 aliphatic heterocycles. The third-order valence-corrected chi connectivity index (χ3v) is 4.79. The number of carbonyl (C=O) groups excluding carboxylic acids is 2. The molecule has 1 N–H and O–H groups in total. The second-order valence-electron chi connectivity index (χ2n) is 6.49. The van der Waals surface area contributed by atoms with Gasteiger partial charge in [-0.2, -0.15) is 0 Å². The number of carbonyl (C=O) groups is 2. The van der Waals surface area contributed by atoms with Crippen LogP contribution >= 0.6 is 0 Å². The summed E-state index contributed by atoms with van der Waals surface area (Å²) < 4.78 is 4.84. The van der Waals surface area contributed by atoms with Gasteiger partial charge < -0.3 is 15.0 Å². The summed E-state index contributed by atoms with van der Waals surface area (Å²) in [6.45, 7) is 2.82. The molecule has 1 fully saturated rings. The Labute approximate surface area is 130 Å². The van der Waals surface area contributed by atoms with Gasteiger partial charge in [-0.1, -0.05) is 6.07 Å². The van der Waals surface area contributed by atoms with Crippen molar-refractivity contribution in [1.82, 2.24) is 4.90 Å². The molecule has 2 aliphatic rings. The monoisotopic (exact) mass is 302 g/mol. The molecule has 22 heavy (non-hydrogen) atoms. The van der Waals surface area contributed by atoms with Crippen LogP contribution in [0.2, 0.25) is 0 Å². The Morgan fingerprint density at radius 2 is 2.05 bits per heavy atom. The molecule has 118 valence electrons. The maximum absolute atomic E-state index is 12.4. The number of aryl methyl sites for hydroxylation is 2. The van der Waals surface area contributed by atoms with E-state index < -0.39 is 5.41 Å². The summed E-state index contributed by atoms with van der Waals surface area (Å²) in [6.07, 6.45) is 4.05. The van der Waals surface area contributed by atoms with Crippen LogP contribution in [0.15, 0.2) is 18.2 Å². The van der Waals surface area contributed by atoms with Crippen LogP contribution in [0.4, 0.5) is 10.5 Å². The van der Waals surface area contributed by atoms with E-state index in [9.17, 15) is 9.59 Å². The standard InChI is InChI=1S/C17H22N2O3/c1-17(15(20)22-2)8-9-19(11-17)16(21)18-14-7-6-12-4-3-5-13(12)10-14/h6-7,10H,3-5,8-9,11H2,1-2H3,(H,18,21). The average molecular weight is 302 g/mol. The minimum Gasteiger partial charge on any atom is -0.469 e. The SMILES string of the molecule is COC(=O)C1(C)CCN(C(=O)Nc2ccc3c(c2)CCC3)C1. The highest BCUT2D eigenvalue weighted by molar-refractivity contribution is 5.90. The molecule has 1 aromatic carbocycles. The molecule has 0 bridgehead atoms. The maximum Gasteiger partial charge on any atom is 0.321 e. The summed E-state index contributed by atoms with van der Waals surface area (Å²) >= 11 is 0. The number of amides is 2. The largest absolute Gasteiger partial charge is 0.469 e. The number of fused-ring (bicyclic) bond motifs is 1. The van der Waals surface area contributed by atoms with Gasteiger partial charge in [0.15, 0.2) is 0 Å². The van der Waals surface area contributed by atoms with Gasteiger partial charge in [0, 0.05) is 18.8 Å². The molecule has 0 radical (unpaired) electrons. The van der Waals surface area contributed by atoms with Gasteiger partial charge >= 0.3 is 12.0 Å². The number of nitrogens with zero attached hydrogens (tertiary/aromatic N) is 1. The van der Waals surface area contributed by atoms with E-state index in [1.165, 1.54) is 24.7 Å². The Morgan fingerprint density at radius 3 is 2.82 bits per heavy atom. The van der Waals surface area contributed by atoms with Crippen LogP contribution in [0.1, 0.15) is 30.9 Å². The van der Waals surface area contributed by atoms with E-state index >= 15 is 0 Å². The van der Waals surface area contributed by atoms with Gasteiger partial charge in [-0.05, 0) is 55.9 Å². The van der Waals surface area contributed by atoms with Crippen molar-refractivity contribution in [3.8, 4) is 0 Å². The first-order valence-corrected chi connectivity index (χ1v) is 7.78. The van der Waals surface area contributed by atoms with Gasteiger partial charge in [0.2, 0.25) is 0 Å². The van der Waals surface area contributed by atoms with Gasteiger partial charge in [0.25, 0.3) is 0 Å². The lowest BCUT2D eigenvalue weighted by Gasteiger charge is -2.22. The van der Waals surface area contributed by atoms with Crippen molar-refractivity contribution < 1.29 is 14.3 Å². The Morgan fingerprint density at radius 1 is 1.27 bits per heavy atom. The lowest BCUT2D eigenvalue weighted by atomic mass is 9.90. The number of methoxy groups -OCH3 is 1. The minimum absolute atomic E-state index is 0.148. The van der Waals surface area contributed by atoms with Crippen molar-refractivity contribution in [3.05, 3.63) is 29.3 Å². The van der Waals surface area contributed by atoms with Gasteiger partial charge in [0.1, 0.15) is 0 Å². The van der Waals surface area contributed by atoms with Crippen LogP contribution < -0.4 is 5.32 Å². The van der Waals surface area contributed by atoms with E-state index in [0.717, 1.165) is 18.5 Å². The number of benzene rings is 1. The quantitative estimate of drug-likeness (QED) is 0.854. The number of likely N-dealkylation sites (tertiary alicyclic amines) is 1. The van der Waals surface area contributed by atoms with E-state index in [2.05, 4.69) is 17.4 Å². The Hall–Kier alpha value is -2.04. The van der Waals surface area contributed by atoms with Crippen molar-refractivity contribution in [2.24, 2.45) is 5.41 Å². The molecular formula is C17H22N2O3. The number of urea groups is 1. The Balaban J connectivity index is 1.65. The molecule has 5 heteroatoms. The second kappa shape index (κ2) is 5.63. The fourth-order valence-corrected chi connectivity index (χ4v) is 3.40. The maximum atomic E-state index is 12.4. The highest BCUT2D eigenvalue weighted by Crippen LogP contribution is 2.32. The fourth-order valence-electron chi connectivity index (χ4n) is 3.40. The lowest BCUT2D eigenvalue weighted by molar-refractivity contribution is -0.150. The van der Waals surface area contributed by atoms with E-state index in [4.69, 9.17) is 4.74 Å². The molecule has 1 aliphatic carbocycles. The first kappa shape index (κ1) is 14.9. The number of ether oxygens (including phenoxy) is 1. The Kier molecular flexibility index (Phi) is 3.81. The highest BCUT2D eigenvalue weighted by atomic mass is 16.5. The van der Waals surface area contributed by atoms with Crippen molar-refractivity contribution >= 4 is 17.7 Å². The number of anilines is 1. The van der Waals surface area contributed by atoms with Gasteiger partial charge in [-0.15, -0.1) is 0 Å². The van der Waals surface area contributed by atoms with E-state index in [-0.39, 0.29) is 12.0 Å². The molecule has 1 aromatic rings. The molecule has 0 aromatic heterocycles. The van der Waals surface area contributed by atoms with E-state index in [0.29, 0.717) is 19.5 Å². The summed E-state index contributed by atoms with van der Waals surface area (Å²) in [5, 5.41) is 2.94. The molecular weight excluding hydrogens is 280 g/mol. The predicted molar refractivity (Wildman–Crippen MR) is 83.8 cm³/mol. The number of hydrogen-bond acceptors (Lipinski definition) is 3. The third-order valence-electron chi connectivity index (χ3n) is 4.79. The van der Waals surface area contributed by atoms with Crippen molar-refractivity contribution in [2.75, 3.05) is 25.5 Å². The summed E-state index contributed by atoms with van der Waals surface area (Å²) in [5.74, 6) is -0.250. The van der Waals surface area contributed by atoms with Crippen molar-refractivity contribution in [2.45, 2.75) is 32.6 Å². The molecule has 3 rings (SSSR count). The lowest BCUT2D eigenvalue weighted by Crippen LogP contribution is -2.37. The summed E-state index contributed by atoms with van der Waals surface area (Å²) in [4.78, 5) is 25.9. The van der Waals surface area contributed by atoms with Gasteiger partial charge in [-0.3, -0.25) is 4.79 Å². The number of hydrogen-bond donors (Lipinski definition) is 1. The van der Waals surface area contributed by atoms with E-state index in [1.54, 1.807) is 4.90 Å². The molecule has 1 saturated heterocycles. The number of nitrogens with one attached hydrogen (secondary N) is 1. The summed E-state index contributed by atoms with van der Waals surface area (Å²) in [7, 11) is 1.39. The zero-order valence-electron chi connectivity index (χ0n) is 13.1. The summed E-state index contributed by atoms with van der Waals surface area (Å²) in [6, 6.07) is 5.97. The molecule has 1 heterocycles. The van der Waals surface area contributed by atoms with Crippen LogP contribution in [-0.4, -0.2) is 37.1 Å². The first-order valence-electron chi connectivity index (χ1n) is 7.78. The van der Waals surface area contributed by atoms with Gasteiger partial charge in [-0.25, -0.2) is 4.79 Å². The van der Waals surface area contributed by atoms with Crippen molar-refractivity contribution in [1.29, 1.82) is 0 Å². The zero-order chi connectivity index (χ0) is 15.7. The molecule has 0 saturated carbocycles. The first-order chi connectivity index (χ1) is 10.5. The van der Waals surface area contributed by atoms with Crippen molar-refractivity contribution in [3.63, 3.8) is 0 Å². The molecule has 0 spiro atoms. The van der Waals surface area contributed by atoms with Crippen LogP contribution in [0.3, 0.4) is 0 Å². The van der Waals surface area contributed by atoms with Crippen LogP contribution in [-0.2, 0) is 22.4 Å². The van der Waals surface area contributed by atoms with Gasteiger partial charge in [0.05, 0.1) is 12.5 Å². The highest BCUT2D eigenvalue weighted by Gasteiger charge is 2.43. The van der Waals surface area contributed by atoms with Crippen LogP contribution in [0.5, 0.6) is 0 Å². The topological polar surface area (TPSA) is 58.6 Å². The molecule has 5 nitrogen and oxygen atoms in total. The van der Waals surface area contributed by atoms with Crippen LogP contribution in [0.25, 0.3) is 0 Å². The predicted octanol–water partition coefficient (Wildman–Crippen LogP) is 2.59. The number of esters is 1. The minimum atomic E-state index is -0.593.